The molecule has 98 valence electrons. The molecule has 1 aromatic carbocycles. The first-order chi connectivity index (χ1) is 8.74. The number of hydrogen-bond acceptors (Lipinski definition) is 3. The molecule has 1 spiro atoms. The molecule has 0 radical (unpaired) electrons. The Balaban J connectivity index is 1.71. The zero-order valence-corrected chi connectivity index (χ0v) is 11.7. The molecule has 2 fully saturated rings. The minimum atomic E-state index is -0.297. The Bertz CT molecular complexity index is 395. The van der Waals surface area contributed by atoms with Crippen LogP contribution >= 0.6 is 11.8 Å². The van der Waals surface area contributed by atoms with Crippen LogP contribution in [0.1, 0.15) is 26.2 Å². The summed E-state index contributed by atoms with van der Waals surface area (Å²) in [5.74, 6) is 0.770. The molecule has 1 heterocycles. The maximum atomic E-state index is 5.97. The Hall–Kier alpha value is -0.510. The normalized spacial score (nSPS) is 30.1. The summed E-state index contributed by atoms with van der Waals surface area (Å²) in [6.45, 7) is 3.83. The van der Waals surface area contributed by atoms with E-state index in [1.165, 1.54) is 17.7 Å². The van der Waals surface area contributed by atoms with Crippen LogP contribution in [-0.4, -0.2) is 24.8 Å². The standard InChI is InChI=1S/C15H20O2S/c1-14(12-18-13-6-3-2-4-7-13)8-5-9-15(14)16-10-11-17-15/h2-4,6-7H,5,8-12H2,1H3. The molecule has 18 heavy (non-hydrogen) atoms. The summed E-state index contributed by atoms with van der Waals surface area (Å²) in [6.07, 6.45) is 3.47. The van der Waals surface area contributed by atoms with E-state index in [2.05, 4.69) is 37.3 Å². The molecular weight excluding hydrogens is 244 g/mol. The zero-order valence-electron chi connectivity index (χ0n) is 10.9. The summed E-state index contributed by atoms with van der Waals surface area (Å²) in [5.41, 5.74) is 0.143. The van der Waals surface area contributed by atoms with Crippen molar-refractivity contribution in [3.63, 3.8) is 0 Å². The van der Waals surface area contributed by atoms with Crippen LogP contribution < -0.4 is 0 Å². The zero-order chi connectivity index (χ0) is 12.5. The first-order valence-corrected chi connectivity index (χ1v) is 7.69. The molecule has 0 aromatic heterocycles. The number of benzene rings is 1. The van der Waals surface area contributed by atoms with Crippen LogP contribution in [0.4, 0.5) is 0 Å². The molecular formula is C15H20O2S. The number of rotatable bonds is 3. The second-order valence-electron chi connectivity index (χ2n) is 5.47. The lowest BCUT2D eigenvalue weighted by Gasteiger charge is -2.38. The van der Waals surface area contributed by atoms with Crippen molar-refractivity contribution in [2.75, 3.05) is 19.0 Å². The Morgan fingerprint density at radius 2 is 1.83 bits per heavy atom. The van der Waals surface area contributed by atoms with E-state index < -0.39 is 0 Å². The van der Waals surface area contributed by atoms with Crippen molar-refractivity contribution >= 4 is 11.8 Å². The fraction of sp³-hybridized carbons (Fsp3) is 0.600. The molecule has 0 bridgehead atoms. The van der Waals surface area contributed by atoms with Crippen molar-refractivity contribution in [2.24, 2.45) is 5.41 Å². The molecule has 2 nitrogen and oxygen atoms in total. The fourth-order valence-electron chi connectivity index (χ4n) is 3.09. The monoisotopic (exact) mass is 264 g/mol. The van der Waals surface area contributed by atoms with E-state index >= 15 is 0 Å². The van der Waals surface area contributed by atoms with Gasteiger partial charge in [0.1, 0.15) is 0 Å². The minimum Gasteiger partial charge on any atom is -0.347 e. The van der Waals surface area contributed by atoms with E-state index in [0.29, 0.717) is 0 Å². The predicted molar refractivity (Wildman–Crippen MR) is 73.8 cm³/mol. The van der Waals surface area contributed by atoms with Gasteiger partial charge in [0.05, 0.1) is 13.2 Å². The largest absolute Gasteiger partial charge is 0.347 e. The topological polar surface area (TPSA) is 18.5 Å². The van der Waals surface area contributed by atoms with Crippen LogP contribution in [-0.2, 0) is 9.47 Å². The third kappa shape index (κ3) is 2.09. The minimum absolute atomic E-state index is 0.143. The maximum Gasteiger partial charge on any atom is 0.174 e. The first-order valence-electron chi connectivity index (χ1n) is 6.70. The van der Waals surface area contributed by atoms with Gasteiger partial charge in [-0.2, -0.15) is 0 Å². The number of thioether (sulfide) groups is 1. The molecule has 3 heteroatoms. The summed E-state index contributed by atoms with van der Waals surface area (Å²) >= 11 is 1.92. The van der Waals surface area contributed by atoms with Gasteiger partial charge in [0.2, 0.25) is 0 Å². The van der Waals surface area contributed by atoms with Crippen molar-refractivity contribution in [1.29, 1.82) is 0 Å². The molecule has 1 aliphatic heterocycles. The first kappa shape index (κ1) is 12.5. The van der Waals surface area contributed by atoms with Gasteiger partial charge in [0, 0.05) is 22.5 Å². The van der Waals surface area contributed by atoms with Crippen molar-refractivity contribution in [1.82, 2.24) is 0 Å². The van der Waals surface area contributed by atoms with E-state index in [9.17, 15) is 0 Å². The Kier molecular flexibility index (Phi) is 3.39. The fourth-order valence-corrected chi connectivity index (χ4v) is 4.29. The number of ether oxygens (including phenoxy) is 2. The van der Waals surface area contributed by atoms with Gasteiger partial charge in [-0.05, 0) is 25.0 Å². The highest BCUT2D eigenvalue weighted by molar-refractivity contribution is 7.99. The lowest BCUT2D eigenvalue weighted by atomic mass is 9.86. The van der Waals surface area contributed by atoms with Gasteiger partial charge in [-0.25, -0.2) is 0 Å². The number of hydrogen-bond donors (Lipinski definition) is 0. The third-order valence-electron chi connectivity index (χ3n) is 4.21. The molecule has 1 unspecified atom stereocenters. The predicted octanol–water partition coefficient (Wildman–Crippen LogP) is 3.71. The highest BCUT2D eigenvalue weighted by atomic mass is 32.2. The highest BCUT2D eigenvalue weighted by Gasteiger charge is 2.55. The van der Waals surface area contributed by atoms with Gasteiger partial charge >= 0.3 is 0 Å². The summed E-state index contributed by atoms with van der Waals surface area (Å²) in [6, 6.07) is 10.6. The summed E-state index contributed by atoms with van der Waals surface area (Å²) < 4.78 is 11.9. The smallest absolute Gasteiger partial charge is 0.174 e. The molecule has 0 amide bonds. The Labute approximate surface area is 113 Å². The second-order valence-corrected chi connectivity index (χ2v) is 6.51. The molecule has 1 saturated heterocycles. The Morgan fingerprint density at radius 1 is 1.11 bits per heavy atom. The van der Waals surface area contributed by atoms with E-state index in [0.717, 1.165) is 25.4 Å². The SMILES string of the molecule is CC1(CSc2ccccc2)CCCC12OCCO2. The van der Waals surface area contributed by atoms with Crippen LogP contribution in [0, 0.1) is 5.41 Å². The highest BCUT2D eigenvalue weighted by Crippen LogP contribution is 2.53. The quantitative estimate of drug-likeness (QED) is 0.775. The molecule has 1 aromatic rings. The van der Waals surface area contributed by atoms with Gasteiger partial charge < -0.3 is 9.47 Å². The lowest BCUT2D eigenvalue weighted by molar-refractivity contribution is -0.209. The summed E-state index contributed by atoms with van der Waals surface area (Å²) in [4.78, 5) is 1.33. The van der Waals surface area contributed by atoms with Crippen LogP contribution in [0.2, 0.25) is 0 Å². The average molecular weight is 264 g/mol. The third-order valence-corrected chi connectivity index (χ3v) is 5.60. The lowest BCUT2D eigenvalue weighted by Crippen LogP contribution is -2.44. The van der Waals surface area contributed by atoms with Gasteiger partial charge in [0.15, 0.2) is 5.79 Å². The molecule has 1 atom stereocenters. The average Bonchev–Trinajstić information content (AvgIpc) is 2.99. The molecule has 1 aliphatic carbocycles. The summed E-state index contributed by atoms with van der Waals surface area (Å²) in [7, 11) is 0. The van der Waals surface area contributed by atoms with E-state index in [1.807, 2.05) is 11.8 Å². The van der Waals surface area contributed by atoms with Gasteiger partial charge in [0.25, 0.3) is 0 Å². The van der Waals surface area contributed by atoms with Gasteiger partial charge in [-0.15, -0.1) is 11.8 Å². The van der Waals surface area contributed by atoms with E-state index in [4.69, 9.17) is 9.47 Å². The maximum absolute atomic E-state index is 5.97. The molecule has 3 rings (SSSR count). The van der Waals surface area contributed by atoms with Crippen molar-refractivity contribution < 1.29 is 9.47 Å². The van der Waals surface area contributed by atoms with Gasteiger partial charge in [-0.3, -0.25) is 0 Å². The van der Waals surface area contributed by atoms with Crippen LogP contribution in [0.5, 0.6) is 0 Å². The van der Waals surface area contributed by atoms with Crippen molar-refractivity contribution in [3.05, 3.63) is 30.3 Å². The second kappa shape index (κ2) is 4.87. The summed E-state index contributed by atoms with van der Waals surface area (Å²) in [5, 5.41) is 0. The van der Waals surface area contributed by atoms with E-state index in [-0.39, 0.29) is 11.2 Å². The van der Waals surface area contributed by atoms with Crippen molar-refractivity contribution in [3.8, 4) is 0 Å². The van der Waals surface area contributed by atoms with Crippen LogP contribution in [0.25, 0.3) is 0 Å². The van der Waals surface area contributed by atoms with Crippen LogP contribution in [0.15, 0.2) is 35.2 Å². The molecule has 1 saturated carbocycles. The molecule has 0 N–H and O–H groups in total. The Morgan fingerprint density at radius 3 is 2.56 bits per heavy atom. The molecule has 2 aliphatic rings. The van der Waals surface area contributed by atoms with E-state index in [1.54, 1.807) is 0 Å². The van der Waals surface area contributed by atoms with Crippen LogP contribution in [0.3, 0.4) is 0 Å². The van der Waals surface area contributed by atoms with Gasteiger partial charge in [-0.1, -0.05) is 25.1 Å². The van der Waals surface area contributed by atoms with Crippen molar-refractivity contribution in [2.45, 2.75) is 36.9 Å².